The maximum absolute atomic E-state index is 14.1. The fourth-order valence-electron chi connectivity index (χ4n) is 10.4. The largest absolute Gasteiger partial charge is 0.507 e. The summed E-state index contributed by atoms with van der Waals surface area (Å²) in [6.07, 6.45) is 13.1. The lowest BCUT2D eigenvalue weighted by Gasteiger charge is -2.10. The minimum atomic E-state index is -0.519. The molecule has 32 heteroatoms. The molecule has 8 aromatic carbocycles. The summed E-state index contributed by atoms with van der Waals surface area (Å²) < 4.78 is 28.3. The van der Waals surface area contributed by atoms with Gasteiger partial charge in [0, 0.05) is 97.5 Å². The first-order chi connectivity index (χ1) is 52.7. The van der Waals surface area contributed by atoms with Gasteiger partial charge in [-0.25, -0.2) is 68.6 Å². The van der Waals surface area contributed by atoms with Crippen molar-refractivity contribution in [3.05, 3.63) is 326 Å². The predicted octanol–water partition coefficient (Wildman–Crippen LogP) is 17.6. The van der Waals surface area contributed by atoms with Gasteiger partial charge < -0.3 is 26.4 Å². The molecule has 108 heavy (non-hydrogen) atoms. The second kappa shape index (κ2) is 35.6. The summed E-state index contributed by atoms with van der Waals surface area (Å²) in [7, 11) is 0. The summed E-state index contributed by atoms with van der Waals surface area (Å²) in [5.74, 6) is 3.11. The van der Waals surface area contributed by atoms with E-state index in [1.165, 1.54) is 31.4 Å². The molecule has 16 rings (SSSR count). The van der Waals surface area contributed by atoms with Crippen LogP contribution in [0.1, 0.15) is 45.0 Å². The van der Waals surface area contributed by atoms with Crippen molar-refractivity contribution in [1.82, 2.24) is 101 Å². The molecule has 0 atom stereocenters. The second-order valence-electron chi connectivity index (χ2n) is 23.2. The van der Waals surface area contributed by atoms with E-state index in [-0.39, 0.29) is 35.9 Å². The van der Waals surface area contributed by atoms with E-state index in [0.717, 1.165) is 84.9 Å². The number of benzene rings is 8. The van der Waals surface area contributed by atoms with Crippen LogP contribution in [-0.2, 0) is 25.7 Å². The quantitative estimate of drug-likeness (QED) is 0.0342. The van der Waals surface area contributed by atoms with Gasteiger partial charge in [0.2, 0.25) is 23.8 Å². The first kappa shape index (κ1) is 73.3. The van der Waals surface area contributed by atoms with E-state index in [9.17, 15) is 13.9 Å². The van der Waals surface area contributed by atoms with Crippen LogP contribution in [-0.4, -0.2) is 106 Å². The highest BCUT2D eigenvalue weighted by Crippen LogP contribution is 2.32. The average Bonchev–Trinajstić information content (AvgIpc) is 1.36. The Morgan fingerprint density at radius 1 is 0.324 bits per heavy atom. The van der Waals surface area contributed by atoms with Crippen LogP contribution in [0.25, 0.3) is 45.6 Å². The van der Waals surface area contributed by atoms with Crippen LogP contribution in [0.3, 0.4) is 0 Å². The molecule has 0 aliphatic heterocycles. The molecule has 0 aliphatic carbocycles. The SMILES string of the molecule is Clc1ccccc1Cc1ccnc(Nc2ccc(-c3ncn[nH]3)cc2)n1.Clc1ccccc1Cc1nc(Nc2ccc(-c3ncn[nH]3)cc2)ncc1Cl.Fc1cnc(Nc2ccc(-c3ncn[nH]3)cc2)nc1Cc1ccccc1Cl.Oc1cc(Nc2ncc(F)c(Cc3ccccc3Cl)n2)ccc1-c1ncn[nH]1. The van der Waals surface area contributed by atoms with E-state index in [0.29, 0.717) is 85.2 Å². The third-order valence-corrected chi connectivity index (χ3v) is 17.6. The Morgan fingerprint density at radius 2 is 0.667 bits per heavy atom. The van der Waals surface area contributed by atoms with Crippen LogP contribution in [0.4, 0.5) is 55.3 Å². The highest BCUT2D eigenvalue weighted by molar-refractivity contribution is 6.32. The Balaban J connectivity index is 0.000000127. The zero-order valence-corrected chi connectivity index (χ0v) is 60.0. The van der Waals surface area contributed by atoms with Crippen molar-refractivity contribution >= 4 is 105 Å². The number of nitrogens with zero attached hydrogens (tertiary/aromatic N) is 16. The van der Waals surface area contributed by atoms with Crippen LogP contribution in [0.5, 0.6) is 5.75 Å². The fourth-order valence-corrected chi connectivity index (χ4v) is 11.4. The second-order valence-corrected chi connectivity index (χ2v) is 25.2. The number of anilines is 8. The molecule has 0 saturated carbocycles. The maximum Gasteiger partial charge on any atom is 0.227 e. The minimum Gasteiger partial charge on any atom is -0.507 e. The summed E-state index contributed by atoms with van der Waals surface area (Å²) >= 11 is 31.0. The predicted molar refractivity (Wildman–Crippen MR) is 412 cm³/mol. The summed E-state index contributed by atoms with van der Waals surface area (Å²) in [6, 6.07) is 59.7. The number of phenols is 1. The zero-order valence-electron chi connectivity index (χ0n) is 56.2. The number of halogens is 7. The Kier molecular flexibility index (Phi) is 24.2. The number of aromatic hydroxyl groups is 1. The molecule has 536 valence electrons. The average molecular weight is 1540 g/mol. The van der Waals surface area contributed by atoms with Gasteiger partial charge in [0.1, 0.15) is 31.1 Å². The van der Waals surface area contributed by atoms with Crippen molar-refractivity contribution in [3.8, 4) is 51.3 Å². The van der Waals surface area contributed by atoms with Crippen LogP contribution in [0.2, 0.25) is 25.1 Å². The summed E-state index contributed by atoms with van der Waals surface area (Å²) in [4.78, 5) is 50.5. The molecule has 0 saturated heterocycles. The smallest absolute Gasteiger partial charge is 0.227 e. The first-order valence-corrected chi connectivity index (χ1v) is 34.6. The highest BCUT2D eigenvalue weighted by atomic mass is 35.5. The molecule has 0 unspecified atom stereocenters. The standard InChI is InChI=1S/C19H14Cl2N6.C19H14ClFN6O.C19H14ClFN6.C19H15ClN6/c20-15-4-2-1-3-13(15)9-17-16(21)10-22-19(26-17)25-14-7-5-12(6-8-14)18-23-11-24-27-18;20-14-4-2-1-3-11(14)7-16-15(21)9-22-19(26-16)25-12-5-6-13(17(28)8-12)18-23-10-24-27-18;20-15-4-2-1-3-13(15)9-17-16(21)10-22-19(26-17)25-14-7-5-12(6-8-14)18-23-11-24-27-18;20-17-4-2-1-3-14(17)11-16-9-10-21-19(25-16)24-15-7-5-13(6-8-15)18-22-12-23-26-18/h1-8,10-11H,9H2,(H,22,25,26)(H,23,24,27);1-6,8-10,28H,7H2,(H,22,25,26)(H,23,24,27);1-8,10-11H,9H2,(H,22,25,26)(H,23,24,27);1-10,12H,11H2,(H,21,24,25)(H,22,23,26). The Morgan fingerprint density at radius 3 is 1.06 bits per heavy atom. The van der Waals surface area contributed by atoms with Crippen LogP contribution < -0.4 is 21.3 Å². The van der Waals surface area contributed by atoms with E-state index < -0.39 is 11.6 Å². The van der Waals surface area contributed by atoms with Gasteiger partial charge in [-0.05, 0) is 138 Å². The normalized spacial score (nSPS) is 10.7. The molecule has 0 radical (unpaired) electrons. The molecule has 0 aliphatic rings. The molecule has 8 heterocycles. The van der Waals surface area contributed by atoms with E-state index >= 15 is 0 Å². The molecular formula is C76H57Cl5F2N24O. The molecule has 0 amide bonds. The lowest BCUT2D eigenvalue weighted by atomic mass is 10.1. The Bertz CT molecular complexity index is 5430. The van der Waals surface area contributed by atoms with Gasteiger partial charge in [-0.1, -0.05) is 131 Å². The van der Waals surface area contributed by atoms with Gasteiger partial charge in [0.05, 0.1) is 52.0 Å². The Hall–Kier alpha value is -13.1. The number of H-pyrrole nitrogens is 4. The van der Waals surface area contributed by atoms with Gasteiger partial charge >= 0.3 is 0 Å². The number of phenolic OH excluding ortho intramolecular Hbond substituents is 1. The molecule has 25 nitrogen and oxygen atoms in total. The van der Waals surface area contributed by atoms with Crippen molar-refractivity contribution in [2.24, 2.45) is 0 Å². The third kappa shape index (κ3) is 19.9. The van der Waals surface area contributed by atoms with Crippen LogP contribution in [0.15, 0.2) is 244 Å². The van der Waals surface area contributed by atoms with Gasteiger partial charge in [-0.2, -0.15) is 20.4 Å². The topological polar surface area (TPSA) is 338 Å². The van der Waals surface area contributed by atoms with Gasteiger partial charge in [0.15, 0.2) is 34.9 Å². The minimum absolute atomic E-state index is 0.000141. The number of hydrogen-bond donors (Lipinski definition) is 9. The van der Waals surface area contributed by atoms with Crippen molar-refractivity contribution in [2.75, 3.05) is 21.3 Å². The lowest BCUT2D eigenvalue weighted by molar-refractivity contribution is 0.477. The monoisotopic (exact) mass is 1530 g/mol. The lowest BCUT2D eigenvalue weighted by Crippen LogP contribution is -2.04. The summed E-state index contributed by atoms with van der Waals surface area (Å²) in [5.41, 5.74) is 12.0. The summed E-state index contributed by atoms with van der Waals surface area (Å²) in [5, 5.41) is 52.2. The number of aromatic amines is 4. The molecule has 9 N–H and O–H groups in total. The van der Waals surface area contributed by atoms with E-state index in [4.69, 9.17) is 58.0 Å². The van der Waals surface area contributed by atoms with E-state index in [2.05, 4.69) is 122 Å². The molecule has 0 spiro atoms. The van der Waals surface area contributed by atoms with Gasteiger partial charge in [0.25, 0.3) is 0 Å². The van der Waals surface area contributed by atoms with E-state index in [1.807, 2.05) is 164 Å². The Labute approximate surface area is 639 Å². The molecule has 8 aromatic heterocycles. The van der Waals surface area contributed by atoms with Crippen LogP contribution in [0, 0.1) is 11.6 Å². The number of rotatable bonds is 20. The van der Waals surface area contributed by atoms with Crippen molar-refractivity contribution in [1.29, 1.82) is 0 Å². The number of aromatic nitrogens is 20. The fraction of sp³-hybridized carbons (Fsp3) is 0.0526. The highest BCUT2D eigenvalue weighted by Gasteiger charge is 2.16. The molecule has 16 aromatic rings. The third-order valence-electron chi connectivity index (χ3n) is 15.9. The molecule has 0 bridgehead atoms. The number of hydrogen-bond acceptors (Lipinski definition) is 21. The molecular weight excluding hydrogens is 1480 g/mol. The van der Waals surface area contributed by atoms with Gasteiger partial charge in [-0.15, -0.1) is 0 Å². The van der Waals surface area contributed by atoms with Gasteiger partial charge in [-0.3, -0.25) is 20.4 Å². The van der Waals surface area contributed by atoms with Crippen molar-refractivity contribution in [2.45, 2.75) is 25.7 Å². The maximum atomic E-state index is 14.1. The van der Waals surface area contributed by atoms with Crippen molar-refractivity contribution < 1.29 is 13.9 Å². The van der Waals surface area contributed by atoms with Crippen molar-refractivity contribution in [3.63, 3.8) is 0 Å². The first-order valence-electron chi connectivity index (χ1n) is 32.7. The summed E-state index contributed by atoms with van der Waals surface area (Å²) in [6.45, 7) is 0. The number of nitrogens with one attached hydrogen (secondary N) is 8. The molecule has 0 fully saturated rings. The van der Waals surface area contributed by atoms with Crippen LogP contribution >= 0.6 is 58.0 Å². The van der Waals surface area contributed by atoms with E-state index in [1.54, 1.807) is 36.7 Å². The zero-order chi connectivity index (χ0) is 74.6.